The lowest BCUT2D eigenvalue weighted by molar-refractivity contribution is 0.110. The smallest absolute Gasteiger partial charge is 0.0663 e. The number of nitrogens with zero attached hydrogens (tertiary/aromatic N) is 2. The summed E-state index contributed by atoms with van der Waals surface area (Å²) in [5.74, 6) is 0.317. The van der Waals surface area contributed by atoms with Gasteiger partial charge in [-0.25, -0.2) is 0 Å². The fourth-order valence-electron chi connectivity index (χ4n) is 6.51. The maximum absolute atomic E-state index is 2.62. The van der Waals surface area contributed by atoms with E-state index in [9.17, 15) is 0 Å². The van der Waals surface area contributed by atoms with Crippen molar-refractivity contribution in [1.82, 2.24) is 9.47 Å². The van der Waals surface area contributed by atoms with Crippen molar-refractivity contribution < 1.29 is 0 Å². The SMILES string of the molecule is CC(C)(C1=CN(C2(C)C=CC=CC2)C2(C)C=CC=CC12)c1cn(-c2ccccc2)c2ccccc12. The van der Waals surface area contributed by atoms with E-state index in [0.717, 1.165) is 6.42 Å². The number of hydrogen-bond donors (Lipinski definition) is 0. The summed E-state index contributed by atoms with van der Waals surface area (Å²) in [7, 11) is 0. The number of hydrogen-bond acceptors (Lipinski definition) is 1. The zero-order valence-electron chi connectivity index (χ0n) is 21.1. The Balaban J connectivity index is 1.53. The third-order valence-corrected chi connectivity index (χ3v) is 8.53. The van der Waals surface area contributed by atoms with Crippen LogP contribution in [0.25, 0.3) is 16.6 Å². The van der Waals surface area contributed by atoms with Crippen LogP contribution in [0.3, 0.4) is 0 Å². The van der Waals surface area contributed by atoms with Crippen molar-refractivity contribution in [3.05, 3.63) is 127 Å². The molecular weight excluding hydrogens is 424 g/mol. The van der Waals surface area contributed by atoms with Crippen LogP contribution in [-0.4, -0.2) is 20.5 Å². The molecule has 6 rings (SSSR count). The van der Waals surface area contributed by atoms with Gasteiger partial charge in [0.1, 0.15) is 0 Å². The van der Waals surface area contributed by atoms with Crippen LogP contribution >= 0.6 is 0 Å². The average Bonchev–Trinajstić information content (AvgIpc) is 3.42. The molecule has 2 aromatic carbocycles. The Morgan fingerprint density at radius 3 is 2.37 bits per heavy atom. The van der Waals surface area contributed by atoms with Crippen LogP contribution < -0.4 is 0 Å². The van der Waals surface area contributed by atoms with Crippen molar-refractivity contribution in [1.29, 1.82) is 0 Å². The highest BCUT2D eigenvalue weighted by atomic mass is 15.3. The van der Waals surface area contributed by atoms with Crippen molar-refractivity contribution in [2.24, 2.45) is 5.92 Å². The number of allylic oxidation sites excluding steroid dienone is 4. The molecule has 3 aliphatic rings. The summed E-state index contributed by atoms with van der Waals surface area (Å²) in [5, 5.41) is 1.32. The summed E-state index contributed by atoms with van der Waals surface area (Å²) >= 11 is 0. The van der Waals surface area contributed by atoms with Crippen molar-refractivity contribution >= 4 is 10.9 Å². The monoisotopic (exact) mass is 458 g/mol. The van der Waals surface area contributed by atoms with E-state index in [2.05, 4.69) is 153 Å². The number of benzene rings is 2. The number of aromatic nitrogens is 1. The van der Waals surface area contributed by atoms with Gasteiger partial charge >= 0.3 is 0 Å². The quantitative estimate of drug-likeness (QED) is 0.386. The van der Waals surface area contributed by atoms with Gasteiger partial charge in [0.05, 0.1) is 16.6 Å². The molecule has 2 nitrogen and oxygen atoms in total. The minimum atomic E-state index is -0.152. The first-order chi connectivity index (χ1) is 16.8. The highest BCUT2D eigenvalue weighted by Gasteiger charge is 2.52. The Morgan fingerprint density at radius 2 is 1.60 bits per heavy atom. The fourth-order valence-corrected chi connectivity index (χ4v) is 6.51. The van der Waals surface area contributed by atoms with E-state index in [1.54, 1.807) is 0 Å². The molecule has 3 atom stereocenters. The van der Waals surface area contributed by atoms with Gasteiger partial charge in [0, 0.05) is 34.8 Å². The molecule has 35 heavy (non-hydrogen) atoms. The van der Waals surface area contributed by atoms with E-state index >= 15 is 0 Å². The number of para-hydroxylation sites is 2. The first-order valence-electron chi connectivity index (χ1n) is 12.7. The summed E-state index contributed by atoms with van der Waals surface area (Å²) in [6.07, 6.45) is 24.2. The molecule has 3 unspecified atom stereocenters. The van der Waals surface area contributed by atoms with E-state index in [-0.39, 0.29) is 16.5 Å². The first kappa shape index (κ1) is 22.0. The average molecular weight is 459 g/mol. The van der Waals surface area contributed by atoms with Crippen LogP contribution in [0.1, 0.15) is 39.7 Å². The van der Waals surface area contributed by atoms with E-state index in [0.29, 0.717) is 5.92 Å². The van der Waals surface area contributed by atoms with Gasteiger partial charge in [-0.2, -0.15) is 0 Å². The fraction of sp³-hybridized carbons (Fsp3) is 0.273. The Morgan fingerprint density at radius 1 is 0.857 bits per heavy atom. The van der Waals surface area contributed by atoms with Crippen LogP contribution in [-0.2, 0) is 5.41 Å². The maximum Gasteiger partial charge on any atom is 0.0663 e. The molecule has 1 aromatic heterocycles. The summed E-state index contributed by atoms with van der Waals surface area (Å²) in [6, 6.07) is 19.5. The Kier molecular flexibility index (Phi) is 4.86. The highest BCUT2D eigenvalue weighted by Crippen LogP contribution is 2.53. The standard InChI is InChI=1S/C33H34N2/c1-31(2,28-23-34(25-15-7-5-8-16-25)30-19-10-9-17-26(28)30)29-24-35(32(3)20-12-6-13-21-32)33(4)22-14-11-18-27(29)33/h5-20,22-24,27H,21H2,1-4H3. The van der Waals surface area contributed by atoms with Crippen molar-refractivity contribution in [3.63, 3.8) is 0 Å². The highest BCUT2D eigenvalue weighted by molar-refractivity contribution is 5.87. The molecule has 2 aliphatic carbocycles. The molecule has 1 aliphatic heterocycles. The van der Waals surface area contributed by atoms with Crippen LogP contribution in [0.5, 0.6) is 0 Å². The third-order valence-electron chi connectivity index (χ3n) is 8.53. The molecule has 3 aromatic rings. The van der Waals surface area contributed by atoms with Crippen LogP contribution in [0.15, 0.2) is 121 Å². The molecule has 0 fully saturated rings. The molecule has 0 N–H and O–H groups in total. The predicted octanol–water partition coefficient (Wildman–Crippen LogP) is 7.88. The molecule has 0 bridgehead atoms. The minimum Gasteiger partial charge on any atom is -0.359 e. The Hall–Kier alpha value is -3.52. The van der Waals surface area contributed by atoms with E-state index in [4.69, 9.17) is 0 Å². The topological polar surface area (TPSA) is 8.17 Å². The maximum atomic E-state index is 2.62. The van der Waals surface area contributed by atoms with Gasteiger partial charge in [-0.3, -0.25) is 0 Å². The first-order valence-corrected chi connectivity index (χ1v) is 12.7. The molecule has 2 heterocycles. The second-order valence-electron chi connectivity index (χ2n) is 11.1. The van der Waals surface area contributed by atoms with Gasteiger partial charge in [0.25, 0.3) is 0 Å². The summed E-state index contributed by atoms with van der Waals surface area (Å²) < 4.78 is 2.35. The summed E-state index contributed by atoms with van der Waals surface area (Å²) in [6.45, 7) is 9.59. The van der Waals surface area contributed by atoms with Crippen molar-refractivity contribution in [2.45, 2.75) is 50.6 Å². The zero-order chi connectivity index (χ0) is 24.3. The molecule has 0 saturated carbocycles. The van der Waals surface area contributed by atoms with E-state index < -0.39 is 0 Å². The molecular formula is C33H34N2. The van der Waals surface area contributed by atoms with Gasteiger partial charge in [0.2, 0.25) is 0 Å². The summed E-state index contributed by atoms with van der Waals surface area (Å²) in [4.78, 5) is 2.62. The number of rotatable bonds is 4. The molecule has 176 valence electrons. The lowest BCUT2D eigenvalue weighted by atomic mass is 9.68. The van der Waals surface area contributed by atoms with Crippen LogP contribution in [0, 0.1) is 5.92 Å². The molecule has 0 spiro atoms. The van der Waals surface area contributed by atoms with Crippen molar-refractivity contribution in [3.8, 4) is 5.69 Å². The minimum absolute atomic E-state index is 0.0485. The largest absolute Gasteiger partial charge is 0.359 e. The third kappa shape index (κ3) is 3.23. The van der Waals surface area contributed by atoms with Crippen LogP contribution in [0.2, 0.25) is 0 Å². The molecule has 0 saturated heterocycles. The zero-order valence-corrected chi connectivity index (χ0v) is 21.1. The van der Waals surface area contributed by atoms with Crippen LogP contribution in [0.4, 0.5) is 0 Å². The van der Waals surface area contributed by atoms with Crippen molar-refractivity contribution in [2.75, 3.05) is 0 Å². The molecule has 0 radical (unpaired) electrons. The number of fused-ring (bicyclic) bond motifs is 2. The van der Waals surface area contributed by atoms with Gasteiger partial charge in [-0.05, 0) is 49.6 Å². The lowest BCUT2D eigenvalue weighted by Gasteiger charge is -2.49. The predicted molar refractivity (Wildman–Crippen MR) is 148 cm³/mol. The Bertz CT molecular complexity index is 1430. The normalized spacial score (nSPS) is 27.5. The second-order valence-corrected chi connectivity index (χ2v) is 11.1. The van der Waals surface area contributed by atoms with E-state index in [1.807, 2.05) is 0 Å². The second kappa shape index (κ2) is 7.75. The molecule has 0 amide bonds. The Labute approximate surface area is 209 Å². The summed E-state index contributed by atoms with van der Waals surface area (Å²) in [5.41, 5.74) is 5.01. The van der Waals surface area contributed by atoms with Gasteiger partial charge in [-0.1, -0.05) is 98.9 Å². The van der Waals surface area contributed by atoms with Gasteiger partial charge in [-0.15, -0.1) is 0 Å². The lowest BCUT2D eigenvalue weighted by Crippen LogP contribution is -2.54. The van der Waals surface area contributed by atoms with Gasteiger partial charge < -0.3 is 9.47 Å². The van der Waals surface area contributed by atoms with Gasteiger partial charge in [0.15, 0.2) is 0 Å². The van der Waals surface area contributed by atoms with E-state index in [1.165, 1.54) is 27.7 Å². The molecule has 2 heteroatoms.